The Morgan fingerprint density at radius 1 is 1.05 bits per heavy atom. The third-order valence-corrected chi connectivity index (χ3v) is 4.30. The van der Waals surface area contributed by atoms with Gasteiger partial charge in [-0.3, -0.25) is 9.59 Å². The van der Waals surface area contributed by atoms with Gasteiger partial charge in [0.2, 0.25) is 11.8 Å². The van der Waals surface area contributed by atoms with Crippen molar-refractivity contribution in [3.05, 3.63) is 29.3 Å². The zero-order valence-electron chi connectivity index (χ0n) is 11.0. The van der Waals surface area contributed by atoms with Crippen molar-refractivity contribution in [1.82, 2.24) is 0 Å². The summed E-state index contributed by atoms with van der Waals surface area (Å²) >= 11 is 0. The van der Waals surface area contributed by atoms with E-state index in [0.29, 0.717) is 5.69 Å². The molecule has 20 heavy (non-hydrogen) atoms. The van der Waals surface area contributed by atoms with Gasteiger partial charge in [-0.05, 0) is 23.6 Å². The molecule has 1 heterocycles. The number of hydrogen-bond donors (Lipinski definition) is 0. The molecule has 1 saturated carbocycles. The van der Waals surface area contributed by atoms with Crippen molar-refractivity contribution in [2.75, 3.05) is 4.90 Å². The normalized spacial score (nSPS) is 25.9. The average Bonchev–Trinajstić information content (AvgIpc) is 2.88. The number of hydrogen-bond acceptors (Lipinski definition) is 4. The van der Waals surface area contributed by atoms with Crippen LogP contribution in [-0.4, -0.2) is 11.8 Å². The van der Waals surface area contributed by atoms with E-state index in [4.69, 9.17) is 10.5 Å². The van der Waals surface area contributed by atoms with Gasteiger partial charge in [0.05, 0.1) is 28.7 Å². The van der Waals surface area contributed by atoms with Gasteiger partial charge in [-0.25, -0.2) is 4.90 Å². The molecule has 98 valence electrons. The van der Waals surface area contributed by atoms with E-state index in [0.717, 1.165) is 4.90 Å². The van der Waals surface area contributed by atoms with Crippen molar-refractivity contribution in [3.8, 4) is 12.1 Å². The number of carbonyl (C=O) groups excluding carboxylic acids is 2. The predicted molar refractivity (Wildman–Crippen MR) is 69.1 cm³/mol. The minimum atomic E-state index is -0.255. The molecule has 2 aliphatic rings. The molecule has 1 aromatic carbocycles. The summed E-state index contributed by atoms with van der Waals surface area (Å²) < 4.78 is 0. The Kier molecular flexibility index (Phi) is 2.28. The highest BCUT2D eigenvalue weighted by atomic mass is 16.2. The molecule has 1 aliphatic heterocycles. The Balaban J connectivity index is 2.01. The predicted octanol–water partition coefficient (Wildman–Crippen LogP) is 1.58. The minimum absolute atomic E-state index is 0.172. The molecule has 2 fully saturated rings. The topological polar surface area (TPSA) is 85.0 Å². The SMILES string of the molecule is CC1(C)C2C(=O)N(c3ccc(C#N)c(C#N)c3)C(=O)C21. The number of rotatable bonds is 1. The summed E-state index contributed by atoms with van der Waals surface area (Å²) in [5.74, 6) is -0.926. The lowest BCUT2D eigenvalue weighted by Gasteiger charge is -2.20. The molecule has 1 aliphatic carbocycles. The Morgan fingerprint density at radius 2 is 1.60 bits per heavy atom. The summed E-state index contributed by atoms with van der Waals surface area (Å²) in [6.45, 7) is 3.82. The first-order chi connectivity index (χ1) is 9.43. The lowest BCUT2D eigenvalue weighted by molar-refractivity contribution is -0.125. The third kappa shape index (κ3) is 1.35. The fourth-order valence-corrected chi connectivity index (χ4v) is 3.06. The van der Waals surface area contributed by atoms with E-state index >= 15 is 0 Å². The smallest absolute Gasteiger partial charge is 0.238 e. The van der Waals surface area contributed by atoms with Crippen molar-refractivity contribution in [3.63, 3.8) is 0 Å². The standard InChI is InChI=1S/C15H11N3O2/c1-15(2)11-12(15)14(20)18(13(11)19)10-4-3-8(6-16)9(5-10)7-17/h3-5,11-12H,1-2H3. The summed E-state index contributed by atoms with van der Waals surface area (Å²) in [5, 5.41) is 17.9. The van der Waals surface area contributed by atoms with E-state index in [1.165, 1.54) is 18.2 Å². The number of benzene rings is 1. The number of amides is 2. The Morgan fingerprint density at radius 3 is 2.10 bits per heavy atom. The molecular weight excluding hydrogens is 254 g/mol. The first kappa shape index (κ1) is 12.4. The third-order valence-electron chi connectivity index (χ3n) is 4.30. The van der Waals surface area contributed by atoms with Crippen molar-refractivity contribution < 1.29 is 9.59 Å². The van der Waals surface area contributed by atoms with Gasteiger partial charge < -0.3 is 0 Å². The van der Waals surface area contributed by atoms with Gasteiger partial charge in [-0.15, -0.1) is 0 Å². The fourth-order valence-electron chi connectivity index (χ4n) is 3.06. The molecule has 0 N–H and O–H groups in total. The summed E-state index contributed by atoms with van der Waals surface area (Å²) in [4.78, 5) is 25.7. The zero-order chi connectivity index (χ0) is 14.7. The minimum Gasteiger partial charge on any atom is -0.274 e. The second kappa shape index (κ2) is 3.68. The van der Waals surface area contributed by atoms with Crippen LogP contribution < -0.4 is 4.90 Å². The second-order valence-electron chi connectivity index (χ2n) is 5.74. The van der Waals surface area contributed by atoms with Gasteiger partial charge >= 0.3 is 0 Å². The van der Waals surface area contributed by atoms with Crippen LogP contribution in [0.2, 0.25) is 0 Å². The highest BCUT2D eigenvalue weighted by Gasteiger charge is 2.72. The number of carbonyl (C=O) groups is 2. The molecule has 1 saturated heterocycles. The lowest BCUT2D eigenvalue weighted by atomic mass is 10.0. The maximum absolute atomic E-state index is 12.3. The number of imide groups is 1. The van der Waals surface area contributed by atoms with Gasteiger partial charge in [-0.1, -0.05) is 13.8 Å². The second-order valence-corrected chi connectivity index (χ2v) is 5.74. The molecule has 0 spiro atoms. The highest BCUT2D eigenvalue weighted by molar-refractivity contribution is 6.25. The van der Waals surface area contributed by atoms with Gasteiger partial charge in [-0.2, -0.15) is 10.5 Å². The van der Waals surface area contributed by atoms with Crippen LogP contribution in [0, 0.1) is 39.9 Å². The number of piperidine rings is 1. The fraction of sp³-hybridized carbons (Fsp3) is 0.333. The largest absolute Gasteiger partial charge is 0.274 e. The van der Waals surface area contributed by atoms with Crippen LogP contribution >= 0.6 is 0 Å². The van der Waals surface area contributed by atoms with Gasteiger partial charge in [0.25, 0.3) is 0 Å². The van der Waals surface area contributed by atoms with Crippen molar-refractivity contribution in [2.45, 2.75) is 13.8 Å². The molecule has 2 amide bonds. The van der Waals surface area contributed by atoms with Gasteiger partial charge in [0.15, 0.2) is 0 Å². The summed E-state index contributed by atoms with van der Waals surface area (Å²) in [6.07, 6.45) is 0. The van der Waals surface area contributed by atoms with Crippen molar-refractivity contribution in [2.24, 2.45) is 17.3 Å². The molecule has 3 rings (SSSR count). The van der Waals surface area contributed by atoms with E-state index in [1.54, 1.807) is 0 Å². The summed E-state index contributed by atoms with van der Waals surface area (Å²) in [7, 11) is 0. The van der Waals surface area contributed by atoms with Gasteiger partial charge in [0, 0.05) is 0 Å². The highest BCUT2D eigenvalue weighted by Crippen LogP contribution is 2.63. The molecule has 5 heteroatoms. The molecule has 2 atom stereocenters. The number of anilines is 1. The molecule has 5 nitrogen and oxygen atoms in total. The summed E-state index contributed by atoms with van der Waals surface area (Å²) in [6, 6.07) is 8.23. The molecule has 1 aromatic rings. The van der Waals surface area contributed by atoms with Crippen molar-refractivity contribution in [1.29, 1.82) is 10.5 Å². The lowest BCUT2D eigenvalue weighted by Crippen LogP contribution is -2.36. The Hall–Kier alpha value is -2.66. The van der Waals surface area contributed by atoms with Crippen LogP contribution in [-0.2, 0) is 9.59 Å². The maximum atomic E-state index is 12.3. The number of nitriles is 2. The maximum Gasteiger partial charge on any atom is 0.238 e. The van der Waals surface area contributed by atoms with Crippen LogP contribution in [0.5, 0.6) is 0 Å². The van der Waals surface area contributed by atoms with Crippen LogP contribution in [0.15, 0.2) is 18.2 Å². The Labute approximate surface area is 116 Å². The number of nitrogens with zero attached hydrogens (tertiary/aromatic N) is 3. The Bertz CT molecular complexity index is 712. The molecule has 2 unspecified atom stereocenters. The zero-order valence-corrected chi connectivity index (χ0v) is 11.0. The quantitative estimate of drug-likeness (QED) is 0.721. The van der Waals surface area contributed by atoms with Crippen LogP contribution in [0.25, 0.3) is 0 Å². The van der Waals surface area contributed by atoms with E-state index in [9.17, 15) is 9.59 Å². The van der Waals surface area contributed by atoms with Crippen LogP contribution in [0.1, 0.15) is 25.0 Å². The van der Waals surface area contributed by atoms with E-state index < -0.39 is 0 Å². The molecule has 0 aromatic heterocycles. The molecule has 0 radical (unpaired) electrons. The van der Waals surface area contributed by atoms with Gasteiger partial charge in [0.1, 0.15) is 12.1 Å². The van der Waals surface area contributed by atoms with Crippen LogP contribution in [0.3, 0.4) is 0 Å². The van der Waals surface area contributed by atoms with Crippen LogP contribution in [0.4, 0.5) is 5.69 Å². The molecule has 0 bridgehead atoms. The number of fused-ring (bicyclic) bond motifs is 1. The summed E-state index contributed by atoms with van der Waals surface area (Å²) in [5.41, 5.74) is 0.528. The first-order valence-electron chi connectivity index (χ1n) is 6.25. The molecular formula is C15H11N3O2. The average molecular weight is 265 g/mol. The van der Waals surface area contributed by atoms with E-state index in [2.05, 4.69) is 0 Å². The first-order valence-corrected chi connectivity index (χ1v) is 6.25. The van der Waals surface area contributed by atoms with E-state index in [1.807, 2.05) is 26.0 Å². The monoisotopic (exact) mass is 265 g/mol. The van der Waals surface area contributed by atoms with E-state index in [-0.39, 0.29) is 40.2 Å². The van der Waals surface area contributed by atoms with Crippen molar-refractivity contribution >= 4 is 17.5 Å².